The first-order chi connectivity index (χ1) is 7.95. The van der Waals surface area contributed by atoms with Gasteiger partial charge in [-0.15, -0.1) is 11.3 Å². The van der Waals surface area contributed by atoms with Gasteiger partial charge in [0.1, 0.15) is 10.8 Å². The Bertz CT molecular complexity index is 517. The first-order valence-electron chi connectivity index (χ1n) is 4.98. The highest BCUT2D eigenvalue weighted by atomic mass is 32.1. The second kappa shape index (κ2) is 3.94. The summed E-state index contributed by atoms with van der Waals surface area (Å²) in [6.07, 6.45) is 3.51. The lowest BCUT2D eigenvalue weighted by Gasteiger charge is -2.03. The van der Waals surface area contributed by atoms with Crippen molar-refractivity contribution in [2.75, 3.05) is 0 Å². The molecule has 0 aliphatic rings. The van der Waals surface area contributed by atoms with Crippen LogP contribution in [0.2, 0.25) is 0 Å². The summed E-state index contributed by atoms with van der Waals surface area (Å²) < 4.78 is 5.44. The molecule has 0 N–H and O–H groups in total. The summed E-state index contributed by atoms with van der Waals surface area (Å²) in [5, 5.41) is 3.00. The average Bonchev–Trinajstić information content (AvgIpc) is 3.03. The van der Waals surface area contributed by atoms with E-state index in [1.165, 1.54) is 0 Å². The van der Waals surface area contributed by atoms with E-state index in [0.29, 0.717) is 0 Å². The summed E-state index contributed by atoms with van der Waals surface area (Å²) in [5.74, 6) is 0.880. The first kappa shape index (κ1) is 9.36. The molecule has 0 spiro atoms. The van der Waals surface area contributed by atoms with E-state index in [4.69, 9.17) is 4.42 Å². The van der Waals surface area contributed by atoms with Crippen LogP contribution in [-0.4, -0.2) is 4.98 Å². The fourth-order valence-corrected chi connectivity index (χ4v) is 2.35. The van der Waals surface area contributed by atoms with Crippen molar-refractivity contribution in [3.63, 3.8) is 0 Å². The standard InChI is InChI=1S/C13H9NOS/c1-2-5-11(13-14-7-9-16-13)10(4-1)12-6-3-8-15-12/h1-9H. The van der Waals surface area contributed by atoms with Crippen molar-refractivity contribution in [3.05, 3.63) is 54.2 Å². The molecule has 0 atom stereocenters. The van der Waals surface area contributed by atoms with E-state index in [0.717, 1.165) is 21.9 Å². The molecule has 0 saturated carbocycles. The Balaban J connectivity index is 2.19. The SMILES string of the molecule is c1coc(-c2ccccc2-c2nccs2)c1. The molecule has 78 valence electrons. The lowest BCUT2D eigenvalue weighted by Crippen LogP contribution is -1.81. The minimum atomic E-state index is 0.880. The van der Waals surface area contributed by atoms with Crippen LogP contribution >= 0.6 is 11.3 Å². The number of rotatable bonds is 2. The third-order valence-corrected chi connectivity index (χ3v) is 3.18. The van der Waals surface area contributed by atoms with Gasteiger partial charge in [-0.2, -0.15) is 0 Å². The molecule has 0 radical (unpaired) electrons. The highest BCUT2D eigenvalue weighted by molar-refractivity contribution is 7.13. The van der Waals surface area contributed by atoms with E-state index < -0.39 is 0 Å². The van der Waals surface area contributed by atoms with E-state index in [1.807, 2.05) is 35.8 Å². The van der Waals surface area contributed by atoms with Gasteiger partial charge < -0.3 is 4.42 Å². The van der Waals surface area contributed by atoms with Crippen LogP contribution in [0.25, 0.3) is 21.9 Å². The smallest absolute Gasteiger partial charge is 0.134 e. The van der Waals surface area contributed by atoms with Crippen molar-refractivity contribution in [1.29, 1.82) is 0 Å². The number of benzene rings is 1. The summed E-state index contributed by atoms with van der Waals surface area (Å²) >= 11 is 1.63. The third kappa shape index (κ3) is 1.55. The Kier molecular flexibility index (Phi) is 2.31. The highest BCUT2D eigenvalue weighted by Gasteiger charge is 2.09. The predicted molar refractivity (Wildman–Crippen MR) is 65.3 cm³/mol. The zero-order valence-corrected chi connectivity index (χ0v) is 9.28. The Labute approximate surface area is 97.2 Å². The highest BCUT2D eigenvalue weighted by Crippen LogP contribution is 2.32. The van der Waals surface area contributed by atoms with Crippen LogP contribution in [0.5, 0.6) is 0 Å². The van der Waals surface area contributed by atoms with Crippen LogP contribution in [-0.2, 0) is 0 Å². The van der Waals surface area contributed by atoms with Gasteiger partial charge in [-0.25, -0.2) is 4.98 Å². The minimum absolute atomic E-state index is 0.880. The normalized spacial score (nSPS) is 10.5. The third-order valence-electron chi connectivity index (χ3n) is 2.38. The molecule has 0 bridgehead atoms. The average molecular weight is 227 g/mol. The summed E-state index contributed by atoms with van der Waals surface area (Å²) in [5.41, 5.74) is 2.20. The molecule has 16 heavy (non-hydrogen) atoms. The second-order valence-corrected chi connectivity index (χ2v) is 4.25. The number of nitrogens with zero attached hydrogens (tertiary/aromatic N) is 1. The van der Waals surface area contributed by atoms with Crippen LogP contribution < -0.4 is 0 Å². The number of thiazole rings is 1. The molecule has 2 heterocycles. The molecule has 0 fully saturated rings. The lowest BCUT2D eigenvalue weighted by atomic mass is 10.1. The van der Waals surface area contributed by atoms with E-state index in [1.54, 1.807) is 17.6 Å². The van der Waals surface area contributed by atoms with Gasteiger partial charge >= 0.3 is 0 Å². The zero-order valence-electron chi connectivity index (χ0n) is 8.46. The molecule has 3 rings (SSSR count). The van der Waals surface area contributed by atoms with Crippen molar-refractivity contribution < 1.29 is 4.42 Å². The summed E-state index contributed by atoms with van der Waals surface area (Å²) in [4.78, 5) is 4.33. The molecule has 0 saturated heterocycles. The number of hydrogen-bond acceptors (Lipinski definition) is 3. The maximum absolute atomic E-state index is 5.44. The Morgan fingerprint density at radius 2 is 1.88 bits per heavy atom. The molecular weight excluding hydrogens is 218 g/mol. The molecule has 3 heteroatoms. The van der Waals surface area contributed by atoms with E-state index in [2.05, 4.69) is 17.1 Å². The van der Waals surface area contributed by atoms with Crippen LogP contribution in [0.1, 0.15) is 0 Å². The monoisotopic (exact) mass is 227 g/mol. The second-order valence-electron chi connectivity index (χ2n) is 3.36. The van der Waals surface area contributed by atoms with Gasteiger partial charge in [-0.05, 0) is 12.1 Å². The van der Waals surface area contributed by atoms with Gasteiger partial charge in [0.25, 0.3) is 0 Å². The number of furan rings is 1. The van der Waals surface area contributed by atoms with Crippen LogP contribution in [0.3, 0.4) is 0 Å². The zero-order chi connectivity index (χ0) is 10.8. The number of aromatic nitrogens is 1. The Hall–Kier alpha value is -1.87. The fourth-order valence-electron chi connectivity index (χ4n) is 1.67. The Morgan fingerprint density at radius 3 is 2.56 bits per heavy atom. The molecule has 1 aromatic carbocycles. The van der Waals surface area contributed by atoms with Crippen molar-refractivity contribution in [1.82, 2.24) is 4.98 Å². The maximum Gasteiger partial charge on any atom is 0.134 e. The van der Waals surface area contributed by atoms with Crippen molar-refractivity contribution in [3.8, 4) is 21.9 Å². The first-order valence-corrected chi connectivity index (χ1v) is 5.86. The summed E-state index contributed by atoms with van der Waals surface area (Å²) in [6, 6.07) is 12.0. The van der Waals surface area contributed by atoms with Gasteiger partial charge in [0, 0.05) is 22.7 Å². The van der Waals surface area contributed by atoms with Crippen LogP contribution in [0.15, 0.2) is 58.7 Å². The quantitative estimate of drug-likeness (QED) is 0.659. The maximum atomic E-state index is 5.44. The van der Waals surface area contributed by atoms with Crippen LogP contribution in [0, 0.1) is 0 Å². The van der Waals surface area contributed by atoms with Gasteiger partial charge in [0.05, 0.1) is 6.26 Å². The van der Waals surface area contributed by atoms with Crippen molar-refractivity contribution in [2.24, 2.45) is 0 Å². The lowest BCUT2D eigenvalue weighted by molar-refractivity contribution is 0.582. The molecule has 0 aliphatic heterocycles. The molecule has 0 amide bonds. The predicted octanol–water partition coefficient (Wildman–Crippen LogP) is 4.07. The van der Waals surface area contributed by atoms with Crippen molar-refractivity contribution >= 4 is 11.3 Å². The van der Waals surface area contributed by atoms with Crippen molar-refractivity contribution in [2.45, 2.75) is 0 Å². The van der Waals surface area contributed by atoms with Gasteiger partial charge in [0.15, 0.2) is 0 Å². The molecule has 2 aromatic heterocycles. The fraction of sp³-hybridized carbons (Fsp3) is 0. The molecule has 0 unspecified atom stereocenters. The molecular formula is C13H9NOS. The summed E-state index contributed by atoms with van der Waals surface area (Å²) in [7, 11) is 0. The molecule has 2 nitrogen and oxygen atoms in total. The van der Waals surface area contributed by atoms with Gasteiger partial charge in [-0.1, -0.05) is 24.3 Å². The van der Waals surface area contributed by atoms with E-state index >= 15 is 0 Å². The topological polar surface area (TPSA) is 26.0 Å². The minimum Gasteiger partial charge on any atom is -0.464 e. The molecule has 0 aliphatic carbocycles. The molecule has 3 aromatic rings. The van der Waals surface area contributed by atoms with E-state index in [9.17, 15) is 0 Å². The van der Waals surface area contributed by atoms with Crippen LogP contribution in [0.4, 0.5) is 0 Å². The summed E-state index contributed by atoms with van der Waals surface area (Å²) in [6.45, 7) is 0. The van der Waals surface area contributed by atoms with Gasteiger partial charge in [-0.3, -0.25) is 0 Å². The Morgan fingerprint density at radius 1 is 1.00 bits per heavy atom. The van der Waals surface area contributed by atoms with E-state index in [-0.39, 0.29) is 0 Å². The van der Waals surface area contributed by atoms with Gasteiger partial charge in [0.2, 0.25) is 0 Å². The number of hydrogen-bond donors (Lipinski definition) is 0. The largest absolute Gasteiger partial charge is 0.464 e.